The minimum Gasteiger partial charge on any atom is -0.489 e. The van der Waals surface area contributed by atoms with Gasteiger partial charge >= 0.3 is 5.97 Å². The lowest BCUT2D eigenvalue weighted by molar-refractivity contribution is 0.0211. The number of anilines is 1. The number of nitrogens with one attached hydrogen (secondary N) is 1. The minimum absolute atomic E-state index is 0.208. The first-order valence-corrected chi connectivity index (χ1v) is 6.56. The van der Waals surface area contributed by atoms with Crippen molar-refractivity contribution in [3.8, 4) is 5.75 Å². The molecule has 0 saturated heterocycles. The summed E-state index contributed by atoms with van der Waals surface area (Å²) in [7, 11) is 1.61. The van der Waals surface area contributed by atoms with Crippen molar-refractivity contribution >= 4 is 11.7 Å². The van der Waals surface area contributed by atoms with E-state index in [0.29, 0.717) is 37.7 Å². The van der Waals surface area contributed by atoms with Gasteiger partial charge in [0.25, 0.3) is 0 Å². The van der Waals surface area contributed by atoms with Crippen LogP contribution in [0.25, 0.3) is 0 Å². The predicted octanol–water partition coefficient (Wildman–Crippen LogP) is 1.31. The number of esters is 1. The van der Waals surface area contributed by atoms with Gasteiger partial charge in [-0.25, -0.2) is 4.79 Å². The number of hydrogen-bond acceptors (Lipinski definition) is 6. The molecule has 0 saturated carbocycles. The molecule has 0 amide bonds. The molecule has 1 aliphatic heterocycles. The number of benzene rings is 1. The molecule has 110 valence electrons. The fraction of sp³-hybridized carbons (Fsp3) is 0.500. The summed E-state index contributed by atoms with van der Waals surface area (Å²) in [5.41, 5.74) is 1.26. The van der Waals surface area contributed by atoms with Crippen LogP contribution in [0, 0.1) is 0 Å². The quantitative estimate of drug-likeness (QED) is 0.600. The molecule has 0 aliphatic carbocycles. The van der Waals surface area contributed by atoms with Crippen molar-refractivity contribution in [2.24, 2.45) is 0 Å². The maximum atomic E-state index is 12.0. The normalized spacial score (nSPS) is 13.1. The van der Waals surface area contributed by atoms with E-state index in [2.05, 4.69) is 5.32 Å². The molecule has 1 heterocycles. The van der Waals surface area contributed by atoms with Crippen LogP contribution in [0.4, 0.5) is 5.69 Å². The molecule has 1 N–H and O–H groups in total. The van der Waals surface area contributed by atoms with E-state index in [4.69, 9.17) is 18.9 Å². The van der Waals surface area contributed by atoms with Crippen LogP contribution in [-0.4, -0.2) is 52.7 Å². The summed E-state index contributed by atoms with van der Waals surface area (Å²) in [5.74, 6) is 0.157. The van der Waals surface area contributed by atoms with Crippen LogP contribution in [0.1, 0.15) is 10.4 Å². The van der Waals surface area contributed by atoms with E-state index in [1.807, 2.05) is 6.07 Å². The summed E-state index contributed by atoms with van der Waals surface area (Å²) < 4.78 is 20.8. The number of rotatable bonds is 7. The van der Waals surface area contributed by atoms with Gasteiger partial charge in [-0.1, -0.05) is 6.07 Å². The van der Waals surface area contributed by atoms with Gasteiger partial charge in [0.2, 0.25) is 0 Å². The molecule has 0 radical (unpaired) electrons. The summed E-state index contributed by atoms with van der Waals surface area (Å²) in [6.45, 7) is 2.85. The third kappa shape index (κ3) is 3.85. The average Bonchev–Trinajstić information content (AvgIpc) is 2.50. The van der Waals surface area contributed by atoms with Gasteiger partial charge < -0.3 is 24.3 Å². The molecule has 0 atom stereocenters. The third-order valence-corrected chi connectivity index (χ3v) is 2.79. The second-order valence-corrected chi connectivity index (χ2v) is 4.20. The predicted molar refractivity (Wildman–Crippen MR) is 73.4 cm³/mol. The molecular formula is C14H19NO5. The van der Waals surface area contributed by atoms with Gasteiger partial charge in [-0.2, -0.15) is 0 Å². The molecule has 0 aromatic heterocycles. The molecule has 1 aromatic carbocycles. The first-order valence-electron chi connectivity index (χ1n) is 6.56. The van der Waals surface area contributed by atoms with Crippen LogP contribution in [-0.2, 0) is 14.2 Å². The Morgan fingerprint density at radius 3 is 3.00 bits per heavy atom. The number of methoxy groups -OCH3 is 1. The Labute approximate surface area is 118 Å². The van der Waals surface area contributed by atoms with Crippen molar-refractivity contribution in [2.75, 3.05) is 52.0 Å². The van der Waals surface area contributed by atoms with E-state index < -0.39 is 5.97 Å². The highest BCUT2D eigenvalue weighted by molar-refractivity contribution is 5.95. The van der Waals surface area contributed by atoms with Crippen molar-refractivity contribution in [1.82, 2.24) is 0 Å². The van der Waals surface area contributed by atoms with Crippen molar-refractivity contribution in [3.63, 3.8) is 0 Å². The zero-order chi connectivity index (χ0) is 14.2. The lowest BCUT2D eigenvalue weighted by Gasteiger charge is -2.21. The highest BCUT2D eigenvalue weighted by Gasteiger charge is 2.19. The average molecular weight is 281 g/mol. The van der Waals surface area contributed by atoms with Gasteiger partial charge in [0.05, 0.1) is 25.5 Å². The Hall–Kier alpha value is -1.79. The van der Waals surface area contributed by atoms with Crippen LogP contribution in [0.5, 0.6) is 5.75 Å². The highest BCUT2D eigenvalue weighted by Crippen LogP contribution is 2.31. The molecule has 1 aliphatic rings. The Morgan fingerprint density at radius 2 is 2.15 bits per heavy atom. The van der Waals surface area contributed by atoms with Crippen molar-refractivity contribution in [1.29, 1.82) is 0 Å². The zero-order valence-corrected chi connectivity index (χ0v) is 11.5. The molecule has 1 aromatic rings. The molecule has 6 heteroatoms. The summed E-state index contributed by atoms with van der Waals surface area (Å²) in [5, 5.41) is 3.18. The standard InChI is InChI=1S/C14H19NO5/c1-17-7-8-18-9-10-20-14(16)11-3-2-4-12-13(11)19-6-5-15-12/h2-4,15H,5-10H2,1H3. The Balaban J connectivity index is 1.83. The first kappa shape index (κ1) is 14.6. The van der Waals surface area contributed by atoms with E-state index in [1.165, 1.54) is 0 Å². The van der Waals surface area contributed by atoms with Crippen molar-refractivity contribution in [2.45, 2.75) is 0 Å². The van der Waals surface area contributed by atoms with Crippen LogP contribution < -0.4 is 10.1 Å². The van der Waals surface area contributed by atoms with E-state index in [-0.39, 0.29) is 6.61 Å². The number of para-hydroxylation sites is 1. The van der Waals surface area contributed by atoms with Gasteiger partial charge in [0, 0.05) is 13.7 Å². The molecule has 6 nitrogen and oxygen atoms in total. The maximum absolute atomic E-state index is 12.0. The smallest absolute Gasteiger partial charge is 0.342 e. The third-order valence-electron chi connectivity index (χ3n) is 2.79. The Kier molecular flexibility index (Phi) is 5.64. The van der Waals surface area contributed by atoms with Crippen LogP contribution in [0.3, 0.4) is 0 Å². The number of carbonyl (C=O) groups is 1. The second kappa shape index (κ2) is 7.72. The molecule has 0 unspecified atom stereocenters. The SMILES string of the molecule is COCCOCCOC(=O)c1cccc2c1OCCN2. The lowest BCUT2D eigenvalue weighted by Crippen LogP contribution is -2.21. The largest absolute Gasteiger partial charge is 0.489 e. The fourth-order valence-corrected chi connectivity index (χ4v) is 1.85. The van der Waals surface area contributed by atoms with Crippen LogP contribution in [0.2, 0.25) is 0 Å². The van der Waals surface area contributed by atoms with Gasteiger partial charge in [-0.3, -0.25) is 0 Å². The Bertz CT molecular complexity index is 449. The maximum Gasteiger partial charge on any atom is 0.342 e. The van der Waals surface area contributed by atoms with E-state index in [9.17, 15) is 4.79 Å². The summed E-state index contributed by atoms with van der Waals surface area (Å²) in [4.78, 5) is 12.0. The van der Waals surface area contributed by atoms with Crippen molar-refractivity contribution in [3.05, 3.63) is 23.8 Å². The van der Waals surface area contributed by atoms with Crippen LogP contribution in [0.15, 0.2) is 18.2 Å². The second-order valence-electron chi connectivity index (χ2n) is 4.20. The monoisotopic (exact) mass is 281 g/mol. The lowest BCUT2D eigenvalue weighted by atomic mass is 10.1. The molecule has 0 spiro atoms. The number of ether oxygens (including phenoxy) is 4. The van der Waals surface area contributed by atoms with E-state index >= 15 is 0 Å². The molecule has 0 bridgehead atoms. The molecule has 0 fully saturated rings. The van der Waals surface area contributed by atoms with Crippen LogP contribution >= 0.6 is 0 Å². The van der Waals surface area contributed by atoms with Gasteiger partial charge in [-0.05, 0) is 12.1 Å². The number of fused-ring (bicyclic) bond motifs is 1. The van der Waals surface area contributed by atoms with Gasteiger partial charge in [-0.15, -0.1) is 0 Å². The van der Waals surface area contributed by atoms with Gasteiger partial charge in [0.1, 0.15) is 18.8 Å². The zero-order valence-electron chi connectivity index (χ0n) is 11.5. The molecule has 20 heavy (non-hydrogen) atoms. The highest BCUT2D eigenvalue weighted by atomic mass is 16.6. The molecular weight excluding hydrogens is 262 g/mol. The number of carbonyl (C=O) groups excluding carboxylic acids is 1. The summed E-state index contributed by atoms with van der Waals surface area (Å²) >= 11 is 0. The summed E-state index contributed by atoms with van der Waals surface area (Å²) in [6.07, 6.45) is 0. The fourth-order valence-electron chi connectivity index (χ4n) is 1.85. The topological polar surface area (TPSA) is 66.0 Å². The number of hydrogen-bond donors (Lipinski definition) is 1. The summed E-state index contributed by atoms with van der Waals surface area (Å²) in [6, 6.07) is 5.37. The first-order chi connectivity index (χ1) is 9.83. The molecule has 2 rings (SSSR count). The van der Waals surface area contributed by atoms with E-state index in [0.717, 1.165) is 12.2 Å². The van der Waals surface area contributed by atoms with Crippen molar-refractivity contribution < 1.29 is 23.7 Å². The van der Waals surface area contributed by atoms with Gasteiger partial charge in [0.15, 0.2) is 5.75 Å². The Morgan fingerprint density at radius 1 is 1.30 bits per heavy atom. The van der Waals surface area contributed by atoms with E-state index in [1.54, 1.807) is 19.2 Å². The minimum atomic E-state index is -0.402.